The maximum absolute atomic E-state index is 5.09. The van der Waals surface area contributed by atoms with Crippen LogP contribution in [0.5, 0.6) is 5.88 Å². The smallest absolute Gasteiger partial charge is 0.224 e. The van der Waals surface area contributed by atoms with Crippen molar-refractivity contribution in [2.24, 2.45) is 9.98 Å². The molecule has 1 aromatic rings. The third-order valence-corrected chi connectivity index (χ3v) is 1.74. The number of hydrogen-bond acceptors (Lipinski definition) is 4. The van der Waals surface area contributed by atoms with E-state index in [1.165, 1.54) is 0 Å². The summed E-state index contributed by atoms with van der Waals surface area (Å²) >= 11 is 0. The van der Waals surface area contributed by atoms with Gasteiger partial charge in [-0.2, -0.15) is 0 Å². The van der Waals surface area contributed by atoms with Crippen LogP contribution in [0.25, 0.3) is 0 Å². The number of nitrogens with zero attached hydrogens (tertiary/aromatic N) is 3. The van der Waals surface area contributed by atoms with Gasteiger partial charge in [0.05, 0.1) is 19.2 Å². The number of pyridine rings is 1. The normalized spacial score (nSPS) is 14.4. The van der Waals surface area contributed by atoms with E-state index in [0.29, 0.717) is 18.3 Å². The monoisotopic (exact) mass is 175 g/mol. The van der Waals surface area contributed by atoms with Crippen molar-refractivity contribution in [3.05, 3.63) is 23.9 Å². The lowest BCUT2D eigenvalue weighted by Gasteiger charge is -2.03. The van der Waals surface area contributed by atoms with Crippen LogP contribution in [0, 0.1) is 0 Å². The van der Waals surface area contributed by atoms with E-state index in [0.717, 1.165) is 5.56 Å². The highest BCUT2D eigenvalue weighted by atomic mass is 16.5. The van der Waals surface area contributed by atoms with E-state index in [1.807, 2.05) is 12.1 Å². The average Bonchev–Trinajstić information content (AvgIpc) is 2.70. The van der Waals surface area contributed by atoms with E-state index in [1.54, 1.807) is 19.5 Å². The van der Waals surface area contributed by atoms with Crippen LogP contribution in [0.3, 0.4) is 0 Å². The Morgan fingerprint density at radius 3 is 3.08 bits per heavy atom. The molecule has 0 radical (unpaired) electrons. The molecule has 4 heteroatoms. The van der Waals surface area contributed by atoms with Gasteiger partial charge in [0, 0.05) is 12.4 Å². The molecule has 2 heterocycles. The highest BCUT2D eigenvalue weighted by molar-refractivity contribution is 6.07. The van der Waals surface area contributed by atoms with Gasteiger partial charge in [0.15, 0.2) is 5.84 Å². The van der Waals surface area contributed by atoms with Gasteiger partial charge in [-0.05, 0) is 12.1 Å². The molecule has 0 atom stereocenters. The first-order chi connectivity index (χ1) is 6.42. The summed E-state index contributed by atoms with van der Waals surface area (Å²) in [5, 5.41) is 0. The molecule has 4 nitrogen and oxygen atoms in total. The lowest BCUT2D eigenvalue weighted by atomic mass is 10.2. The van der Waals surface area contributed by atoms with E-state index < -0.39 is 0 Å². The molecule has 0 bridgehead atoms. The summed E-state index contributed by atoms with van der Waals surface area (Å²) in [6.07, 6.45) is 3.45. The van der Waals surface area contributed by atoms with Crippen LogP contribution in [0.1, 0.15) is 5.56 Å². The zero-order valence-corrected chi connectivity index (χ0v) is 7.27. The molecule has 0 aliphatic carbocycles. The number of ether oxygens (including phenoxy) is 1. The van der Waals surface area contributed by atoms with E-state index in [-0.39, 0.29) is 0 Å². The van der Waals surface area contributed by atoms with Crippen molar-refractivity contribution in [3.63, 3.8) is 0 Å². The quantitative estimate of drug-likeness (QED) is 0.671. The molecule has 0 fully saturated rings. The molecule has 1 aliphatic heterocycles. The number of aromatic nitrogens is 1. The fraction of sp³-hybridized carbons (Fsp3) is 0.222. The molecule has 0 N–H and O–H groups in total. The van der Waals surface area contributed by atoms with Gasteiger partial charge in [-0.3, -0.25) is 4.99 Å². The van der Waals surface area contributed by atoms with Crippen LogP contribution in [0.2, 0.25) is 0 Å². The Labute approximate surface area is 76.0 Å². The Morgan fingerprint density at radius 1 is 1.46 bits per heavy atom. The zero-order chi connectivity index (χ0) is 9.10. The summed E-state index contributed by atoms with van der Waals surface area (Å²) < 4.78 is 5.09. The first-order valence-corrected chi connectivity index (χ1v) is 3.98. The molecule has 0 amide bonds. The summed E-state index contributed by atoms with van der Waals surface area (Å²) in [4.78, 5) is 12.4. The summed E-state index contributed by atoms with van der Waals surface area (Å²) in [5.74, 6) is 1.27. The van der Waals surface area contributed by atoms with Crippen LogP contribution in [0.4, 0.5) is 0 Å². The van der Waals surface area contributed by atoms with Gasteiger partial charge in [0.25, 0.3) is 0 Å². The van der Waals surface area contributed by atoms with Crippen LogP contribution in [-0.4, -0.2) is 30.7 Å². The molecule has 0 spiro atoms. The van der Waals surface area contributed by atoms with Crippen LogP contribution >= 0.6 is 0 Å². The topological polar surface area (TPSA) is 46.8 Å². The van der Waals surface area contributed by atoms with E-state index in [2.05, 4.69) is 15.0 Å². The molecule has 1 aromatic heterocycles. The third kappa shape index (κ3) is 1.42. The lowest BCUT2D eigenvalue weighted by Crippen LogP contribution is -2.00. The fourth-order valence-corrected chi connectivity index (χ4v) is 1.17. The Bertz CT molecular complexity index is 371. The third-order valence-electron chi connectivity index (χ3n) is 1.74. The average molecular weight is 175 g/mol. The highest BCUT2D eigenvalue weighted by Gasteiger charge is 2.10. The van der Waals surface area contributed by atoms with Crippen molar-refractivity contribution in [2.75, 3.05) is 13.7 Å². The Kier molecular flexibility index (Phi) is 2.04. The minimum Gasteiger partial charge on any atom is -0.480 e. The first-order valence-electron chi connectivity index (χ1n) is 3.98. The number of rotatable bonds is 2. The van der Waals surface area contributed by atoms with Gasteiger partial charge < -0.3 is 4.74 Å². The molecule has 0 saturated carbocycles. The lowest BCUT2D eigenvalue weighted by molar-refractivity contribution is 0.397. The van der Waals surface area contributed by atoms with Gasteiger partial charge in [0.2, 0.25) is 5.88 Å². The zero-order valence-electron chi connectivity index (χ0n) is 7.27. The number of hydrogen-bond donors (Lipinski definition) is 0. The van der Waals surface area contributed by atoms with E-state index >= 15 is 0 Å². The fourth-order valence-electron chi connectivity index (χ4n) is 1.17. The van der Waals surface area contributed by atoms with Crippen LogP contribution in [0.15, 0.2) is 28.3 Å². The van der Waals surface area contributed by atoms with Crippen molar-refractivity contribution in [3.8, 4) is 5.88 Å². The largest absolute Gasteiger partial charge is 0.480 e. The van der Waals surface area contributed by atoms with Crippen molar-refractivity contribution >= 4 is 12.1 Å². The predicted octanol–water partition coefficient (Wildman–Crippen LogP) is 0.921. The minimum absolute atomic E-state index is 0.570. The second-order valence-electron chi connectivity index (χ2n) is 2.54. The minimum atomic E-state index is 0.570. The number of aliphatic imine (C=N–C) groups is 2. The van der Waals surface area contributed by atoms with Gasteiger partial charge in [0.1, 0.15) is 0 Å². The second-order valence-corrected chi connectivity index (χ2v) is 2.54. The first kappa shape index (κ1) is 7.91. The Balaban J connectivity index is 2.44. The van der Waals surface area contributed by atoms with Crippen LogP contribution in [-0.2, 0) is 0 Å². The summed E-state index contributed by atoms with van der Waals surface area (Å²) in [5.41, 5.74) is 0.846. The van der Waals surface area contributed by atoms with E-state index in [4.69, 9.17) is 4.74 Å². The van der Waals surface area contributed by atoms with Gasteiger partial charge in [-0.1, -0.05) is 0 Å². The van der Waals surface area contributed by atoms with E-state index in [9.17, 15) is 0 Å². The van der Waals surface area contributed by atoms with Crippen LogP contribution < -0.4 is 4.74 Å². The molecule has 0 unspecified atom stereocenters. The van der Waals surface area contributed by atoms with Crippen molar-refractivity contribution < 1.29 is 4.74 Å². The Morgan fingerprint density at radius 2 is 2.38 bits per heavy atom. The summed E-state index contributed by atoms with van der Waals surface area (Å²) in [6.45, 7) is 0.646. The molecule has 2 rings (SSSR count). The highest BCUT2D eigenvalue weighted by Crippen LogP contribution is 2.16. The molecular weight excluding hydrogens is 166 g/mol. The van der Waals surface area contributed by atoms with Gasteiger partial charge in [-0.15, -0.1) is 0 Å². The van der Waals surface area contributed by atoms with Gasteiger partial charge >= 0.3 is 0 Å². The Hall–Kier alpha value is -1.71. The molecule has 13 heavy (non-hydrogen) atoms. The van der Waals surface area contributed by atoms with Crippen molar-refractivity contribution in [1.82, 2.24) is 4.98 Å². The number of methoxy groups -OCH3 is 1. The molecular formula is C9H9N3O. The predicted molar refractivity (Wildman–Crippen MR) is 50.7 cm³/mol. The van der Waals surface area contributed by atoms with Gasteiger partial charge in [-0.25, -0.2) is 9.98 Å². The second kappa shape index (κ2) is 3.35. The summed E-state index contributed by atoms with van der Waals surface area (Å²) in [6, 6.07) is 3.74. The molecule has 66 valence electrons. The maximum atomic E-state index is 5.09. The van der Waals surface area contributed by atoms with Crippen molar-refractivity contribution in [2.45, 2.75) is 0 Å². The SMILES string of the molecule is COc1ncccc1C1=NCC=N1. The maximum Gasteiger partial charge on any atom is 0.224 e. The molecule has 1 aliphatic rings. The molecule has 0 saturated heterocycles. The standard InChI is InChI=1S/C9H9N3O/c1-13-9-7(3-2-4-12-9)8-10-5-6-11-8/h2-5H,6H2,1H3. The summed E-state index contributed by atoms with van der Waals surface area (Å²) in [7, 11) is 1.59. The number of amidine groups is 1. The molecule has 0 aromatic carbocycles. The van der Waals surface area contributed by atoms with Crippen molar-refractivity contribution in [1.29, 1.82) is 0 Å².